The van der Waals surface area contributed by atoms with Crippen LogP contribution in [0.15, 0.2) is 127 Å². The van der Waals surface area contributed by atoms with Crippen LogP contribution in [0.25, 0.3) is 55.3 Å². The fourth-order valence-corrected chi connectivity index (χ4v) is 6.13. The van der Waals surface area contributed by atoms with Crippen LogP contribution in [-0.4, -0.2) is 18.3 Å². The summed E-state index contributed by atoms with van der Waals surface area (Å²) in [6, 6.07) is 45.4. The van der Waals surface area contributed by atoms with Gasteiger partial charge in [-0.25, -0.2) is 0 Å². The van der Waals surface area contributed by atoms with E-state index in [2.05, 4.69) is 115 Å². The maximum absolute atomic E-state index is 9.33. The zero-order valence-electron chi connectivity index (χ0n) is 21.6. The SMILES string of the molecule is OCCOc1ccc(-c2ccc3c(c2-c2ccccc2)Cc2c(-c4ccccc4)cccc2-3)c2ccccc12. The Morgan fingerprint density at radius 3 is 1.87 bits per heavy atom. The van der Waals surface area contributed by atoms with Crippen LogP contribution in [0.5, 0.6) is 5.75 Å². The highest BCUT2D eigenvalue weighted by Gasteiger charge is 2.27. The number of rotatable bonds is 6. The minimum absolute atomic E-state index is 0.00934. The van der Waals surface area contributed by atoms with Gasteiger partial charge < -0.3 is 9.84 Å². The molecule has 39 heavy (non-hydrogen) atoms. The molecule has 7 rings (SSSR count). The highest BCUT2D eigenvalue weighted by molar-refractivity contribution is 6.05. The predicted molar refractivity (Wildman–Crippen MR) is 161 cm³/mol. The molecule has 0 saturated heterocycles. The summed E-state index contributed by atoms with van der Waals surface area (Å²) in [5.41, 5.74) is 12.9. The van der Waals surface area contributed by atoms with Gasteiger partial charge in [0, 0.05) is 5.39 Å². The van der Waals surface area contributed by atoms with Crippen LogP contribution in [0, 0.1) is 0 Å². The van der Waals surface area contributed by atoms with Gasteiger partial charge in [-0.1, -0.05) is 121 Å². The standard InChI is InChI=1S/C37H28O2/c38-22-23-39-36-21-20-30(28-14-7-8-15-32(28)36)33-19-18-31-29-17-9-16-27(25-10-3-1-4-11-25)34(29)24-35(31)37(33)26-12-5-2-6-13-26/h1-21,38H,22-24H2. The lowest BCUT2D eigenvalue weighted by molar-refractivity contribution is 0.203. The molecular weight excluding hydrogens is 476 g/mol. The smallest absolute Gasteiger partial charge is 0.127 e. The second kappa shape index (κ2) is 9.90. The number of hydrogen-bond acceptors (Lipinski definition) is 2. The second-order valence-electron chi connectivity index (χ2n) is 9.98. The summed E-state index contributed by atoms with van der Waals surface area (Å²) in [6.07, 6.45) is 0.892. The van der Waals surface area contributed by atoms with E-state index in [0.29, 0.717) is 0 Å². The van der Waals surface area contributed by atoms with E-state index in [-0.39, 0.29) is 13.2 Å². The number of benzene rings is 6. The molecule has 6 aromatic carbocycles. The minimum Gasteiger partial charge on any atom is -0.491 e. The molecule has 6 aromatic rings. The van der Waals surface area contributed by atoms with E-state index in [1.807, 2.05) is 12.1 Å². The van der Waals surface area contributed by atoms with Crippen molar-refractivity contribution < 1.29 is 9.84 Å². The number of fused-ring (bicyclic) bond motifs is 4. The largest absolute Gasteiger partial charge is 0.491 e. The van der Waals surface area contributed by atoms with Crippen molar-refractivity contribution in [3.8, 4) is 50.3 Å². The van der Waals surface area contributed by atoms with Gasteiger partial charge >= 0.3 is 0 Å². The quantitative estimate of drug-likeness (QED) is 0.245. The van der Waals surface area contributed by atoms with Crippen LogP contribution in [0.1, 0.15) is 11.1 Å². The normalized spacial score (nSPS) is 11.8. The molecule has 0 aliphatic heterocycles. The van der Waals surface area contributed by atoms with E-state index in [1.165, 1.54) is 55.6 Å². The van der Waals surface area contributed by atoms with Crippen molar-refractivity contribution in [2.45, 2.75) is 6.42 Å². The van der Waals surface area contributed by atoms with E-state index < -0.39 is 0 Å². The highest BCUT2D eigenvalue weighted by atomic mass is 16.5. The molecule has 0 heterocycles. The Kier molecular flexibility index (Phi) is 5.96. The molecule has 0 bridgehead atoms. The lowest BCUT2D eigenvalue weighted by Crippen LogP contribution is -2.02. The van der Waals surface area contributed by atoms with Crippen LogP contribution in [0.4, 0.5) is 0 Å². The highest BCUT2D eigenvalue weighted by Crippen LogP contribution is 2.49. The van der Waals surface area contributed by atoms with Gasteiger partial charge in [0.25, 0.3) is 0 Å². The van der Waals surface area contributed by atoms with E-state index in [4.69, 9.17) is 4.74 Å². The van der Waals surface area contributed by atoms with Gasteiger partial charge in [0.15, 0.2) is 0 Å². The van der Waals surface area contributed by atoms with Crippen LogP contribution >= 0.6 is 0 Å². The summed E-state index contributed by atoms with van der Waals surface area (Å²) >= 11 is 0. The van der Waals surface area contributed by atoms with Gasteiger partial charge in [-0.2, -0.15) is 0 Å². The molecule has 0 saturated carbocycles. The fourth-order valence-electron chi connectivity index (χ4n) is 6.13. The Bertz CT molecular complexity index is 1800. The van der Waals surface area contributed by atoms with Gasteiger partial charge in [0.1, 0.15) is 12.4 Å². The average Bonchev–Trinajstić information content (AvgIpc) is 3.39. The van der Waals surface area contributed by atoms with Crippen LogP contribution in [-0.2, 0) is 6.42 Å². The molecule has 0 amide bonds. The van der Waals surface area contributed by atoms with Crippen LogP contribution in [0.3, 0.4) is 0 Å². The molecule has 188 valence electrons. The Hall–Kier alpha value is -4.66. The molecule has 0 aromatic heterocycles. The van der Waals surface area contributed by atoms with E-state index in [0.717, 1.165) is 22.9 Å². The van der Waals surface area contributed by atoms with Gasteiger partial charge in [0.05, 0.1) is 6.61 Å². The van der Waals surface area contributed by atoms with Crippen molar-refractivity contribution in [3.63, 3.8) is 0 Å². The Morgan fingerprint density at radius 1 is 0.487 bits per heavy atom. The molecule has 2 heteroatoms. The maximum Gasteiger partial charge on any atom is 0.127 e. The number of aliphatic hydroxyl groups excluding tert-OH is 1. The van der Waals surface area contributed by atoms with Crippen molar-refractivity contribution in [2.75, 3.05) is 13.2 Å². The topological polar surface area (TPSA) is 29.5 Å². The zero-order valence-corrected chi connectivity index (χ0v) is 21.6. The Morgan fingerprint density at radius 2 is 1.10 bits per heavy atom. The third-order valence-electron chi connectivity index (χ3n) is 7.80. The molecule has 0 unspecified atom stereocenters. The molecule has 1 aliphatic rings. The molecule has 1 aliphatic carbocycles. The van der Waals surface area contributed by atoms with Gasteiger partial charge in [0.2, 0.25) is 0 Å². The lowest BCUT2D eigenvalue weighted by atomic mass is 9.86. The summed E-state index contributed by atoms with van der Waals surface area (Å²) in [6.45, 7) is 0.268. The summed E-state index contributed by atoms with van der Waals surface area (Å²) in [5, 5.41) is 11.5. The average molecular weight is 505 g/mol. The van der Waals surface area contributed by atoms with Gasteiger partial charge in [-0.05, 0) is 73.5 Å². The van der Waals surface area contributed by atoms with E-state index in [1.54, 1.807) is 0 Å². The van der Waals surface area contributed by atoms with E-state index in [9.17, 15) is 5.11 Å². The summed E-state index contributed by atoms with van der Waals surface area (Å²) in [4.78, 5) is 0. The van der Waals surface area contributed by atoms with Crippen molar-refractivity contribution in [1.82, 2.24) is 0 Å². The maximum atomic E-state index is 9.33. The number of ether oxygens (including phenoxy) is 1. The first-order valence-corrected chi connectivity index (χ1v) is 13.5. The van der Waals surface area contributed by atoms with Gasteiger partial charge in [-0.15, -0.1) is 0 Å². The van der Waals surface area contributed by atoms with Crippen LogP contribution in [0.2, 0.25) is 0 Å². The van der Waals surface area contributed by atoms with Crippen molar-refractivity contribution in [2.24, 2.45) is 0 Å². The summed E-state index contributed by atoms with van der Waals surface area (Å²) in [7, 11) is 0. The first-order chi connectivity index (χ1) is 19.3. The third kappa shape index (κ3) is 4.01. The molecule has 0 radical (unpaired) electrons. The van der Waals surface area contributed by atoms with Crippen molar-refractivity contribution in [1.29, 1.82) is 0 Å². The fraction of sp³-hybridized carbons (Fsp3) is 0.0811. The molecule has 0 fully saturated rings. The molecule has 0 spiro atoms. The second-order valence-corrected chi connectivity index (χ2v) is 9.98. The predicted octanol–water partition coefficient (Wildman–Crippen LogP) is 8.78. The van der Waals surface area contributed by atoms with Crippen molar-refractivity contribution >= 4 is 10.8 Å². The number of hydrogen-bond donors (Lipinski definition) is 1. The molecule has 1 N–H and O–H groups in total. The monoisotopic (exact) mass is 504 g/mol. The molecule has 0 atom stereocenters. The molecular formula is C37H28O2. The number of aliphatic hydroxyl groups is 1. The summed E-state index contributed by atoms with van der Waals surface area (Å²) in [5.74, 6) is 0.797. The summed E-state index contributed by atoms with van der Waals surface area (Å²) < 4.78 is 5.90. The minimum atomic E-state index is -0.00934. The molecule has 2 nitrogen and oxygen atoms in total. The lowest BCUT2D eigenvalue weighted by Gasteiger charge is -2.18. The van der Waals surface area contributed by atoms with Crippen LogP contribution < -0.4 is 4.74 Å². The first-order valence-electron chi connectivity index (χ1n) is 13.5. The van der Waals surface area contributed by atoms with Crippen molar-refractivity contribution in [3.05, 3.63) is 139 Å². The third-order valence-corrected chi connectivity index (χ3v) is 7.80. The first kappa shape index (κ1) is 23.5. The van der Waals surface area contributed by atoms with E-state index >= 15 is 0 Å². The Labute approximate surface area is 228 Å². The Balaban J connectivity index is 1.46. The van der Waals surface area contributed by atoms with Gasteiger partial charge in [-0.3, -0.25) is 0 Å². The zero-order chi connectivity index (χ0) is 26.2.